The molecule has 0 atom stereocenters. The molecule has 11 nitrogen and oxygen atoms in total. The van der Waals surface area contributed by atoms with Crippen molar-refractivity contribution in [2.24, 2.45) is 5.41 Å². The van der Waals surface area contributed by atoms with Crippen LogP contribution in [0.4, 0.5) is 23.1 Å². The first-order chi connectivity index (χ1) is 17.7. The third kappa shape index (κ3) is 5.62. The Morgan fingerprint density at radius 3 is 2.54 bits per heavy atom. The maximum absolute atomic E-state index is 13.5. The van der Waals surface area contributed by atoms with E-state index < -0.39 is 22.4 Å². The molecule has 0 unspecified atom stereocenters. The highest BCUT2D eigenvalue weighted by molar-refractivity contribution is 7.92. The molecule has 1 aromatic heterocycles. The lowest BCUT2D eigenvalue weighted by Crippen LogP contribution is -2.50. The molecular formula is C25H31N7O4S. The standard InChI is InChI=1S/C25H31N7O4S/c1-17-13-22(29-24(27-17)32-15-19(16-32)26-2)28-23(34)20-4-3-18(30-37(35,36)12-11-33)14-21(20)31-9-7-25(5-6-25)8-10-31/h3-4,13-14,19,30,33H,5-12,15-16H2,1H3,(H,27,28,29,34). The number of hydrogen-bond donors (Lipinski definition) is 3. The number of carbonyl (C=O) groups is 1. The van der Waals surface area contributed by atoms with Gasteiger partial charge >= 0.3 is 0 Å². The van der Waals surface area contributed by atoms with Crippen LogP contribution in [0, 0.1) is 18.9 Å². The van der Waals surface area contributed by atoms with Gasteiger partial charge in [0.05, 0.1) is 42.4 Å². The summed E-state index contributed by atoms with van der Waals surface area (Å²) < 4.78 is 27.0. The fourth-order valence-electron chi connectivity index (χ4n) is 4.94. The van der Waals surface area contributed by atoms with Crippen molar-refractivity contribution in [2.45, 2.75) is 38.6 Å². The highest BCUT2D eigenvalue weighted by Crippen LogP contribution is 2.54. The molecule has 5 rings (SSSR count). The molecule has 2 aromatic rings. The highest BCUT2D eigenvalue weighted by Gasteiger charge is 2.44. The molecule has 3 fully saturated rings. The van der Waals surface area contributed by atoms with Crippen LogP contribution in [0.25, 0.3) is 4.85 Å². The number of sulfonamides is 1. The summed E-state index contributed by atoms with van der Waals surface area (Å²) in [4.78, 5) is 30.0. The molecule has 3 heterocycles. The van der Waals surface area contributed by atoms with Gasteiger partial charge in [0.25, 0.3) is 11.9 Å². The summed E-state index contributed by atoms with van der Waals surface area (Å²) in [5.41, 5.74) is 2.57. The third-order valence-electron chi connectivity index (χ3n) is 7.41. The van der Waals surface area contributed by atoms with Gasteiger partial charge in [0.15, 0.2) is 0 Å². The van der Waals surface area contributed by atoms with Gasteiger partial charge < -0.3 is 25.1 Å². The number of aliphatic hydroxyl groups excluding tert-OH is 1. The number of hydrogen-bond acceptors (Lipinski definition) is 8. The van der Waals surface area contributed by atoms with Crippen LogP contribution in [-0.2, 0) is 10.0 Å². The van der Waals surface area contributed by atoms with Gasteiger partial charge in [0.2, 0.25) is 16.0 Å². The predicted octanol–water partition coefficient (Wildman–Crippen LogP) is 2.26. The van der Waals surface area contributed by atoms with E-state index in [4.69, 9.17) is 11.7 Å². The molecule has 12 heteroatoms. The lowest BCUT2D eigenvalue weighted by atomic mass is 9.93. The van der Waals surface area contributed by atoms with Gasteiger partial charge in [-0.3, -0.25) is 9.52 Å². The summed E-state index contributed by atoms with van der Waals surface area (Å²) in [5.74, 6) is 0.0980. The Bertz CT molecular complexity index is 1340. The number of aliphatic hydroxyl groups is 1. The number of piperidine rings is 1. The van der Waals surface area contributed by atoms with E-state index >= 15 is 0 Å². The quantitative estimate of drug-likeness (QED) is 0.447. The third-order valence-corrected chi connectivity index (χ3v) is 8.68. The van der Waals surface area contributed by atoms with Crippen molar-refractivity contribution in [1.29, 1.82) is 0 Å². The molecule has 3 N–H and O–H groups in total. The van der Waals surface area contributed by atoms with E-state index in [-0.39, 0.29) is 11.9 Å². The molecule has 2 aliphatic heterocycles. The van der Waals surface area contributed by atoms with Crippen LogP contribution in [0.3, 0.4) is 0 Å². The summed E-state index contributed by atoms with van der Waals surface area (Å²) in [5, 5.41) is 12.0. The second-order valence-corrected chi connectivity index (χ2v) is 12.0. The topological polar surface area (TPSA) is 132 Å². The molecule has 2 saturated heterocycles. The van der Waals surface area contributed by atoms with E-state index in [9.17, 15) is 13.2 Å². The highest BCUT2D eigenvalue weighted by atomic mass is 32.2. The summed E-state index contributed by atoms with van der Waals surface area (Å²) in [7, 11) is -3.70. The van der Waals surface area contributed by atoms with Gasteiger partial charge in [0, 0.05) is 24.8 Å². The first kappa shape index (κ1) is 25.2. The minimum Gasteiger partial charge on any atom is -0.395 e. The molecule has 0 radical (unpaired) electrons. The zero-order valence-corrected chi connectivity index (χ0v) is 21.6. The summed E-state index contributed by atoms with van der Waals surface area (Å²) in [6, 6.07) is 6.50. The number of rotatable bonds is 8. The number of aryl methyl sites for hydroxylation is 1. The van der Waals surface area contributed by atoms with Crippen LogP contribution in [-0.4, -0.2) is 74.0 Å². The van der Waals surface area contributed by atoms with Crippen molar-refractivity contribution < 1.29 is 18.3 Å². The van der Waals surface area contributed by atoms with Gasteiger partial charge in [0.1, 0.15) is 5.82 Å². The van der Waals surface area contributed by atoms with Crippen molar-refractivity contribution in [3.05, 3.63) is 46.9 Å². The minimum atomic E-state index is -3.70. The molecule has 1 amide bonds. The number of anilines is 4. The number of carbonyl (C=O) groups excluding carboxylic acids is 1. The second-order valence-electron chi connectivity index (χ2n) is 10.2. The fourth-order valence-corrected chi connectivity index (χ4v) is 5.77. The molecule has 1 aromatic carbocycles. The Hall–Kier alpha value is -3.43. The fraction of sp³-hybridized carbons (Fsp3) is 0.520. The number of aromatic nitrogens is 2. The van der Waals surface area contributed by atoms with Crippen LogP contribution in [0.5, 0.6) is 0 Å². The van der Waals surface area contributed by atoms with Gasteiger partial charge in [-0.1, -0.05) is 0 Å². The summed E-state index contributed by atoms with van der Waals surface area (Å²) in [6.45, 7) is 11.2. The molecule has 37 heavy (non-hydrogen) atoms. The monoisotopic (exact) mass is 525 g/mol. The molecular weight excluding hydrogens is 494 g/mol. The smallest absolute Gasteiger partial charge is 0.258 e. The Morgan fingerprint density at radius 2 is 1.89 bits per heavy atom. The minimum absolute atomic E-state index is 0.0580. The SMILES string of the molecule is [C-]#[N+]C1CN(c2nc(C)cc(NC(=O)c3ccc(NS(=O)(=O)CCO)cc3N3CCC4(CC3)CC4)n2)C1. The van der Waals surface area contributed by atoms with E-state index in [0.717, 1.165) is 25.9 Å². The maximum atomic E-state index is 13.5. The van der Waals surface area contributed by atoms with Crippen molar-refractivity contribution >= 4 is 39.1 Å². The van der Waals surface area contributed by atoms with Crippen molar-refractivity contribution in [3.8, 4) is 0 Å². The van der Waals surface area contributed by atoms with E-state index in [1.165, 1.54) is 12.8 Å². The Balaban J connectivity index is 1.39. The van der Waals surface area contributed by atoms with Gasteiger partial charge in [-0.15, -0.1) is 0 Å². The molecule has 196 valence electrons. The van der Waals surface area contributed by atoms with Crippen LogP contribution in [0.2, 0.25) is 0 Å². The summed E-state index contributed by atoms with van der Waals surface area (Å²) in [6.07, 6.45) is 4.59. The molecule has 1 saturated carbocycles. The molecule has 1 aliphatic carbocycles. The van der Waals surface area contributed by atoms with E-state index in [0.29, 0.717) is 52.9 Å². The van der Waals surface area contributed by atoms with Crippen LogP contribution < -0.4 is 19.8 Å². The van der Waals surface area contributed by atoms with Crippen molar-refractivity contribution in [3.63, 3.8) is 0 Å². The maximum Gasteiger partial charge on any atom is 0.258 e. The zero-order chi connectivity index (χ0) is 26.2. The largest absolute Gasteiger partial charge is 0.395 e. The Labute approximate surface area is 216 Å². The van der Waals surface area contributed by atoms with Crippen molar-refractivity contribution in [1.82, 2.24) is 9.97 Å². The van der Waals surface area contributed by atoms with Crippen molar-refractivity contribution in [2.75, 3.05) is 58.4 Å². The van der Waals surface area contributed by atoms with Crippen LogP contribution in [0.1, 0.15) is 41.7 Å². The average Bonchev–Trinajstić information content (AvgIpc) is 3.57. The number of nitrogens with zero attached hydrogens (tertiary/aromatic N) is 5. The first-order valence-corrected chi connectivity index (χ1v) is 14.1. The van der Waals surface area contributed by atoms with E-state index in [2.05, 4.69) is 29.8 Å². The number of nitrogens with one attached hydrogen (secondary N) is 2. The lowest BCUT2D eigenvalue weighted by molar-refractivity contribution is 0.102. The Kier molecular flexibility index (Phi) is 6.68. The number of benzene rings is 1. The predicted molar refractivity (Wildman–Crippen MR) is 141 cm³/mol. The molecule has 3 aliphatic rings. The lowest BCUT2D eigenvalue weighted by Gasteiger charge is -2.35. The Morgan fingerprint density at radius 1 is 1.16 bits per heavy atom. The summed E-state index contributed by atoms with van der Waals surface area (Å²) >= 11 is 0. The van der Waals surface area contributed by atoms with E-state index in [1.807, 2.05) is 11.8 Å². The average molecular weight is 526 g/mol. The van der Waals surface area contributed by atoms with E-state index in [1.54, 1.807) is 24.3 Å². The van der Waals surface area contributed by atoms with Crippen LogP contribution in [0.15, 0.2) is 24.3 Å². The first-order valence-electron chi connectivity index (χ1n) is 12.5. The van der Waals surface area contributed by atoms with Crippen LogP contribution >= 0.6 is 0 Å². The number of amides is 1. The molecule has 1 spiro atoms. The zero-order valence-electron chi connectivity index (χ0n) is 20.8. The van der Waals surface area contributed by atoms with Gasteiger partial charge in [-0.05, 0) is 56.2 Å². The van der Waals surface area contributed by atoms with Gasteiger partial charge in [-0.2, -0.15) is 4.98 Å². The second kappa shape index (κ2) is 9.79. The normalized spacial score (nSPS) is 18.7. The molecule has 0 bridgehead atoms. The van der Waals surface area contributed by atoms with Gasteiger partial charge in [-0.25, -0.2) is 20.0 Å².